The second-order valence-corrected chi connectivity index (χ2v) is 7.54. The van der Waals surface area contributed by atoms with E-state index in [1.807, 2.05) is 60.8 Å². The molecule has 5 aromatic rings. The number of methoxy groups -OCH3 is 1. The summed E-state index contributed by atoms with van der Waals surface area (Å²) in [5, 5.41) is 15.2. The fourth-order valence-corrected chi connectivity index (χ4v) is 3.70. The maximum absolute atomic E-state index is 12.5. The Morgan fingerprint density at radius 1 is 1.03 bits per heavy atom. The monoisotopic (exact) mass is 445 g/mol. The predicted molar refractivity (Wildman–Crippen MR) is 131 cm³/mol. The molecule has 0 spiro atoms. The number of aromatic amines is 1. The van der Waals surface area contributed by atoms with Crippen LogP contribution in [0.3, 0.4) is 0 Å². The minimum absolute atomic E-state index is 0.208. The second-order valence-electron chi connectivity index (χ2n) is 7.54. The number of aromatic nitrogens is 4. The minimum Gasteiger partial charge on any atom is -0.497 e. The number of ether oxygens (including phenoxy) is 1. The van der Waals surface area contributed by atoms with Gasteiger partial charge in [-0.1, -0.05) is 30.3 Å². The number of para-hydroxylation sites is 2. The van der Waals surface area contributed by atoms with Crippen molar-refractivity contribution >= 4 is 22.6 Å². The lowest BCUT2D eigenvalue weighted by Gasteiger charge is -2.04. The van der Waals surface area contributed by atoms with E-state index < -0.39 is 0 Å². The lowest BCUT2D eigenvalue weighted by molar-refractivity contribution is 0.415. The summed E-state index contributed by atoms with van der Waals surface area (Å²) in [6.45, 7) is 0. The Kier molecular flexibility index (Phi) is 5.46. The van der Waals surface area contributed by atoms with Gasteiger partial charge in [0.05, 0.1) is 35.0 Å². The van der Waals surface area contributed by atoms with E-state index in [9.17, 15) is 10.1 Å². The zero-order valence-electron chi connectivity index (χ0n) is 18.3. The van der Waals surface area contributed by atoms with Gasteiger partial charge in [0.2, 0.25) is 0 Å². The summed E-state index contributed by atoms with van der Waals surface area (Å²) in [6, 6.07) is 26.5. The number of nitriles is 1. The van der Waals surface area contributed by atoms with Crippen molar-refractivity contribution in [3.63, 3.8) is 0 Å². The molecule has 7 heteroatoms. The molecule has 0 aliphatic rings. The van der Waals surface area contributed by atoms with Gasteiger partial charge in [0, 0.05) is 17.3 Å². The van der Waals surface area contributed by atoms with Gasteiger partial charge in [-0.15, -0.1) is 0 Å². The smallest absolute Gasteiger partial charge is 0.259 e. The Bertz CT molecular complexity index is 1610. The molecule has 7 nitrogen and oxygen atoms in total. The largest absolute Gasteiger partial charge is 0.497 e. The van der Waals surface area contributed by atoms with Gasteiger partial charge in [-0.05, 0) is 54.6 Å². The lowest BCUT2D eigenvalue weighted by atomic mass is 10.1. The quantitative estimate of drug-likeness (QED) is 0.390. The van der Waals surface area contributed by atoms with Crippen molar-refractivity contribution in [3.05, 3.63) is 107 Å². The van der Waals surface area contributed by atoms with Crippen molar-refractivity contribution in [1.82, 2.24) is 19.7 Å². The standard InChI is InChI=1S/C27H19N5O2/c1-34-22-13-11-18(12-14-22)25-20(17-32(31-25)21-7-3-2-4-8-21)15-19(16-28)26-29-24-10-6-5-9-23(24)27(33)30-26/h2-15,17H,1H3,(H,29,30,33)/b19-15+. The van der Waals surface area contributed by atoms with Crippen molar-refractivity contribution in [2.45, 2.75) is 0 Å². The number of H-pyrrole nitrogens is 1. The molecule has 0 saturated heterocycles. The molecule has 0 saturated carbocycles. The first-order chi connectivity index (χ1) is 16.7. The number of nitrogens with zero attached hydrogens (tertiary/aromatic N) is 4. The maximum Gasteiger partial charge on any atom is 0.259 e. The van der Waals surface area contributed by atoms with Crippen LogP contribution >= 0.6 is 0 Å². The van der Waals surface area contributed by atoms with Crippen molar-refractivity contribution in [2.75, 3.05) is 7.11 Å². The predicted octanol–water partition coefficient (Wildman–Crippen LogP) is 4.85. The fraction of sp³-hybridized carbons (Fsp3) is 0.0370. The van der Waals surface area contributed by atoms with Crippen LogP contribution < -0.4 is 10.3 Å². The van der Waals surface area contributed by atoms with Gasteiger partial charge in [-0.25, -0.2) is 9.67 Å². The number of hydrogen-bond donors (Lipinski definition) is 1. The van der Waals surface area contributed by atoms with Crippen molar-refractivity contribution in [2.24, 2.45) is 0 Å². The third kappa shape index (κ3) is 3.96. The van der Waals surface area contributed by atoms with Crippen LogP contribution in [-0.2, 0) is 0 Å². The highest BCUT2D eigenvalue weighted by Gasteiger charge is 2.14. The second kappa shape index (κ2) is 8.88. The minimum atomic E-state index is -0.294. The van der Waals surface area contributed by atoms with Gasteiger partial charge in [0.25, 0.3) is 5.56 Å². The summed E-state index contributed by atoms with van der Waals surface area (Å²) < 4.78 is 7.03. The average Bonchev–Trinajstić information content (AvgIpc) is 3.31. The molecular weight excluding hydrogens is 426 g/mol. The average molecular weight is 445 g/mol. The third-order valence-electron chi connectivity index (χ3n) is 5.42. The van der Waals surface area contributed by atoms with Crippen LogP contribution in [0.2, 0.25) is 0 Å². The number of hydrogen-bond acceptors (Lipinski definition) is 5. The topological polar surface area (TPSA) is 96.6 Å². The SMILES string of the molecule is COc1ccc(-c2nn(-c3ccccc3)cc2/C=C(\C#N)c2nc3ccccc3c(=O)[nH]2)cc1. The van der Waals surface area contributed by atoms with Gasteiger partial charge >= 0.3 is 0 Å². The number of rotatable bonds is 5. The molecule has 1 N–H and O–H groups in total. The van der Waals surface area contributed by atoms with E-state index in [0.29, 0.717) is 22.2 Å². The zero-order chi connectivity index (χ0) is 23.5. The molecule has 3 aromatic carbocycles. The van der Waals surface area contributed by atoms with Crippen LogP contribution in [0, 0.1) is 11.3 Å². The van der Waals surface area contributed by atoms with Gasteiger partial charge in [0.1, 0.15) is 11.8 Å². The van der Waals surface area contributed by atoms with E-state index in [4.69, 9.17) is 9.84 Å². The van der Waals surface area contributed by atoms with Crippen LogP contribution in [-0.4, -0.2) is 26.9 Å². The highest BCUT2D eigenvalue weighted by atomic mass is 16.5. The summed E-state index contributed by atoms with van der Waals surface area (Å²) in [5.74, 6) is 0.943. The Morgan fingerprint density at radius 3 is 2.50 bits per heavy atom. The number of fused-ring (bicyclic) bond motifs is 1. The Balaban J connectivity index is 1.67. The summed E-state index contributed by atoms with van der Waals surface area (Å²) >= 11 is 0. The van der Waals surface area contributed by atoms with Crippen LogP contribution in [0.4, 0.5) is 0 Å². The molecule has 2 aromatic heterocycles. The van der Waals surface area contributed by atoms with Crippen LogP contribution in [0.5, 0.6) is 5.75 Å². The van der Waals surface area contributed by atoms with E-state index >= 15 is 0 Å². The fourth-order valence-electron chi connectivity index (χ4n) is 3.70. The molecule has 164 valence electrons. The van der Waals surface area contributed by atoms with Gasteiger partial charge in [0.15, 0.2) is 5.82 Å². The van der Waals surface area contributed by atoms with E-state index in [0.717, 1.165) is 17.0 Å². The number of nitrogens with one attached hydrogen (secondary N) is 1. The van der Waals surface area contributed by atoms with Gasteiger partial charge < -0.3 is 9.72 Å². The molecule has 0 aliphatic heterocycles. The normalized spacial score (nSPS) is 11.4. The van der Waals surface area contributed by atoms with E-state index in [-0.39, 0.29) is 17.0 Å². The molecule has 0 radical (unpaired) electrons. The van der Waals surface area contributed by atoms with Crippen molar-refractivity contribution in [3.8, 4) is 28.8 Å². The van der Waals surface area contributed by atoms with Crippen molar-refractivity contribution in [1.29, 1.82) is 5.26 Å². The molecule has 0 fully saturated rings. The van der Waals surface area contributed by atoms with Crippen molar-refractivity contribution < 1.29 is 4.74 Å². The zero-order valence-corrected chi connectivity index (χ0v) is 18.3. The third-order valence-corrected chi connectivity index (χ3v) is 5.42. The Morgan fingerprint density at radius 2 is 1.76 bits per heavy atom. The van der Waals surface area contributed by atoms with Crippen LogP contribution in [0.1, 0.15) is 11.4 Å². The summed E-state index contributed by atoms with van der Waals surface area (Å²) in [7, 11) is 1.61. The molecule has 0 aliphatic carbocycles. The molecule has 34 heavy (non-hydrogen) atoms. The Labute approximate surface area is 195 Å². The van der Waals surface area contributed by atoms with E-state index in [1.165, 1.54) is 0 Å². The Hall–Kier alpha value is -4.96. The van der Waals surface area contributed by atoms with E-state index in [2.05, 4.69) is 16.0 Å². The molecule has 2 heterocycles. The summed E-state index contributed by atoms with van der Waals surface area (Å²) in [4.78, 5) is 19.8. The molecule has 0 amide bonds. The molecule has 0 unspecified atom stereocenters. The van der Waals surface area contributed by atoms with Crippen LogP contribution in [0.15, 0.2) is 89.9 Å². The molecule has 0 atom stereocenters. The molecular formula is C27H19N5O2. The summed E-state index contributed by atoms with van der Waals surface area (Å²) in [6.07, 6.45) is 3.55. The van der Waals surface area contributed by atoms with Crippen LogP contribution in [0.25, 0.3) is 39.5 Å². The highest BCUT2D eigenvalue weighted by molar-refractivity contribution is 5.91. The first-order valence-electron chi connectivity index (χ1n) is 10.6. The first-order valence-corrected chi connectivity index (χ1v) is 10.6. The lowest BCUT2D eigenvalue weighted by Crippen LogP contribution is -2.11. The highest BCUT2D eigenvalue weighted by Crippen LogP contribution is 2.28. The maximum atomic E-state index is 12.5. The first kappa shape index (κ1) is 20.9. The number of benzene rings is 3. The van der Waals surface area contributed by atoms with E-state index in [1.54, 1.807) is 42.1 Å². The molecule has 5 rings (SSSR count). The number of allylic oxidation sites excluding steroid dienone is 1. The molecule has 0 bridgehead atoms. The van der Waals surface area contributed by atoms with Gasteiger partial charge in [-0.2, -0.15) is 10.4 Å². The summed E-state index contributed by atoms with van der Waals surface area (Å²) in [5.41, 5.74) is 3.59. The van der Waals surface area contributed by atoms with Gasteiger partial charge in [-0.3, -0.25) is 4.79 Å².